The zero-order valence-corrected chi connectivity index (χ0v) is 18.9. The number of benzene rings is 2. The summed E-state index contributed by atoms with van der Waals surface area (Å²) in [5, 5.41) is 3.57. The Labute approximate surface area is 191 Å². The van der Waals surface area contributed by atoms with E-state index in [2.05, 4.69) is 34.1 Å². The van der Waals surface area contributed by atoms with Crippen molar-refractivity contribution in [3.8, 4) is 23.1 Å². The molecular weight excluding hydrogens is 422 g/mol. The second kappa shape index (κ2) is 9.56. The summed E-state index contributed by atoms with van der Waals surface area (Å²) in [6.07, 6.45) is 5.26. The Hall–Kier alpha value is -4.14. The number of amides is 1. The number of carbonyl (C=O) groups excluding carboxylic acids is 1. The van der Waals surface area contributed by atoms with Gasteiger partial charge in [0.2, 0.25) is 11.8 Å². The fourth-order valence-corrected chi connectivity index (χ4v) is 3.28. The molecular formula is C24H25N5O4. The average molecular weight is 447 g/mol. The minimum absolute atomic E-state index is 0.138. The summed E-state index contributed by atoms with van der Waals surface area (Å²) in [5.41, 5.74) is 2.06. The number of aromatic nitrogens is 4. The van der Waals surface area contributed by atoms with Gasteiger partial charge in [-0.1, -0.05) is 0 Å². The highest BCUT2D eigenvalue weighted by Crippen LogP contribution is 2.35. The lowest BCUT2D eigenvalue weighted by Crippen LogP contribution is -2.14. The van der Waals surface area contributed by atoms with Crippen LogP contribution in [0.5, 0.6) is 23.1 Å². The molecule has 0 saturated heterocycles. The molecule has 0 atom stereocenters. The molecule has 0 spiro atoms. The van der Waals surface area contributed by atoms with Gasteiger partial charge in [-0.05, 0) is 44.2 Å². The molecule has 2 aromatic heterocycles. The van der Waals surface area contributed by atoms with Gasteiger partial charge in [0, 0.05) is 24.0 Å². The highest BCUT2D eigenvalue weighted by Gasteiger charge is 2.13. The van der Waals surface area contributed by atoms with Crippen molar-refractivity contribution in [3.63, 3.8) is 0 Å². The van der Waals surface area contributed by atoms with Crippen molar-refractivity contribution >= 4 is 22.5 Å². The molecule has 170 valence electrons. The molecule has 0 bridgehead atoms. The molecule has 1 amide bonds. The van der Waals surface area contributed by atoms with E-state index in [-0.39, 0.29) is 12.3 Å². The Morgan fingerprint density at radius 2 is 1.76 bits per heavy atom. The van der Waals surface area contributed by atoms with Gasteiger partial charge in [-0.3, -0.25) is 4.79 Å². The summed E-state index contributed by atoms with van der Waals surface area (Å²) in [6.45, 7) is 4.12. The predicted molar refractivity (Wildman–Crippen MR) is 124 cm³/mol. The van der Waals surface area contributed by atoms with Crippen LogP contribution in [-0.2, 0) is 11.2 Å². The highest BCUT2D eigenvalue weighted by atomic mass is 16.5. The lowest BCUT2D eigenvalue weighted by molar-refractivity contribution is -0.115. The molecule has 0 aliphatic heterocycles. The Morgan fingerprint density at radius 3 is 2.42 bits per heavy atom. The molecule has 0 aliphatic carbocycles. The van der Waals surface area contributed by atoms with E-state index in [4.69, 9.17) is 14.2 Å². The van der Waals surface area contributed by atoms with Gasteiger partial charge >= 0.3 is 0 Å². The first kappa shape index (κ1) is 22.1. The maximum Gasteiger partial charge on any atom is 0.230 e. The van der Waals surface area contributed by atoms with Gasteiger partial charge in [-0.15, -0.1) is 0 Å². The lowest BCUT2D eigenvalue weighted by Gasteiger charge is -2.12. The van der Waals surface area contributed by atoms with Gasteiger partial charge in [-0.25, -0.2) is 15.0 Å². The number of methoxy groups -OCH3 is 2. The van der Waals surface area contributed by atoms with Crippen molar-refractivity contribution in [2.24, 2.45) is 0 Å². The van der Waals surface area contributed by atoms with Crippen molar-refractivity contribution < 1.29 is 19.0 Å². The molecule has 2 aromatic carbocycles. The van der Waals surface area contributed by atoms with Crippen LogP contribution < -0.4 is 19.5 Å². The van der Waals surface area contributed by atoms with E-state index in [1.165, 1.54) is 6.33 Å². The summed E-state index contributed by atoms with van der Waals surface area (Å²) < 4.78 is 18.6. The fourth-order valence-electron chi connectivity index (χ4n) is 3.28. The zero-order chi connectivity index (χ0) is 23.4. The first-order valence-corrected chi connectivity index (χ1v) is 10.4. The van der Waals surface area contributed by atoms with Crippen LogP contribution in [0.1, 0.15) is 25.6 Å². The largest absolute Gasteiger partial charge is 0.493 e. The number of ether oxygens (including phenoxy) is 3. The Morgan fingerprint density at radius 1 is 1.03 bits per heavy atom. The van der Waals surface area contributed by atoms with Crippen molar-refractivity contribution in [2.45, 2.75) is 26.3 Å². The molecule has 9 nitrogen and oxygen atoms in total. The van der Waals surface area contributed by atoms with Crippen LogP contribution >= 0.6 is 0 Å². The first-order chi connectivity index (χ1) is 16.0. The van der Waals surface area contributed by atoms with Gasteiger partial charge in [0.15, 0.2) is 11.5 Å². The van der Waals surface area contributed by atoms with E-state index in [1.54, 1.807) is 56.9 Å². The monoisotopic (exact) mass is 447 g/mol. The molecule has 0 unspecified atom stereocenters. The average Bonchev–Trinajstić information content (AvgIpc) is 3.28. The molecule has 9 heteroatoms. The van der Waals surface area contributed by atoms with Crippen LogP contribution in [0.3, 0.4) is 0 Å². The minimum atomic E-state index is -0.138. The van der Waals surface area contributed by atoms with Crippen LogP contribution in [0.4, 0.5) is 5.69 Å². The maximum atomic E-state index is 12.4. The molecule has 4 aromatic rings. The number of hydrogen-bond donors (Lipinski definition) is 1. The molecule has 33 heavy (non-hydrogen) atoms. The number of imidazole rings is 1. The number of rotatable bonds is 8. The molecule has 0 fully saturated rings. The van der Waals surface area contributed by atoms with Gasteiger partial charge in [0.1, 0.15) is 12.1 Å². The first-order valence-electron chi connectivity index (χ1n) is 10.4. The molecule has 0 radical (unpaired) electrons. The van der Waals surface area contributed by atoms with Gasteiger partial charge in [0.25, 0.3) is 0 Å². The number of fused-ring (bicyclic) bond motifs is 1. The van der Waals surface area contributed by atoms with Crippen LogP contribution in [-0.4, -0.2) is 39.6 Å². The molecule has 4 rings (SSSR count). The number of nitrogens with zero attached hydrogens (tertiary/aromatic N) is 4. The predicted octanol–water partition coefficient (Wildman–Crippen LogP) is 4.40. The van der Waals surface area contributed by atoms with E-state index in [1.807, 2.05) is 10.8 Å². The Balaban J connectivity index is 1.45. The van der Waals surface area contributed by atoms with E-state index in [0.29, 0.717) is 45.8 Å². The number of anilines is 1. The van der Waals surface area contributed by atoms with Gasteiger partial charge in [0.05, 0.1) is 43.6 Å². The fraction of sp³-hybridized carbons (Fsp3) is 0.250. The van der Waals surface area contributed by atoms with Crippen molar-refractivity contribution in [1.82, 2.24) is 19.5 Å². The third kappa shape index (κ3) is 5.03. The van der Waals surface area contributed by atoms with Crippen LogP contribution in [0, 0.1) is 0 Å². The van der Waals surface area contributed by atoms with Crippen LogP contribution in [0.25, 0.3) is 10.9 Å². The van der Waals surface area contributed by atoms with Crippen molar-refractivity contribution in [2.75, 3.05) is 19.5 Å². The number of hydrogen-bond acceptors (Lipinski definition) is 7. The lowest BCUT2D eigenvalue weighted by atomic mass is 10.2. The number of nitrogens with one attached hydrogen (secondary N) is 1. The Bertz CT molecular complexity index is 1270. The van der Waals surface area contributed by atoms with E-state index < -0.39 is 0 Å². The van der Waals surface area contributed by atoms with Crippen molar-refractivity contribution in [1.29, 1.82) is 0 Å². The van der Waals surface area contributed by atoms with Crippen molar-refractivity contribution in [3.05, 3.63) is 60.9 Å². The zero-order valence-electron chi connectivity index (χ0n) is 18.9. The third-order valence-electron chi connectivity index (χ3n) is 5.05. The molecule has 1 N–H and O–H groups in total. The third-order valence-corrected chi connectivity index (χ3v) is 5.05. The summed E-state index contributed by atoms with van der Waals surface area (Å²) in [5.74, 6) is 1.95. The van der Waals surface area contributed by atoms with Crippen LogP contribution in [0.15, 0.2) is 55.2 Å². The topological polar surface area (TPSA) is 100 Å². The SMILES string of the molecule is COc1cc2ncnc(Oc3ccc(NC(=O)Cc4cn(C(C)C)cn4)cc3)c2cc1OC. The quantitative estimate of drug-likeness (QED) is 0.427. The summed E-state index contributed by atoms with van der Waals surface area (Å²) in [6, 6.07) is 10.9. The maximum absolute atomic E-state index is 12.4. The second-order valence-corrected chi connectivity index (χ2v) is 7.66. The summed E-state index contributed by atoms with van der Waals surface area (Å²) in [7, 11) is 3.14. The van der Waals surface area contributed by atoms with E-state index in [9.17, 15) is 4.79 Å². The smallest absolute Gasteiger partial charge is 0.230 e. The summed E-state index contributed by atoms with van der Waals surface area (Å²) >= 11 is 0. The number of carbonyl (C=O) groups is 1. The minimum Gasteiger partial charge on any atom is -0.493 e. The van der Waals surface area contributed by atoms with Gasteiger partial charge < -0.3 is 24.1 Å². The van der Waals surface area contributed by atoms with Gasteiger partial charge in [-0.2, -0.15) is 0 Å². The second-order valence-electron chi connectivity index (χ2n) is 7.66. The normalized spacial score (nSPS) is 10.9. The molecule has 0 saturated carbocycles. The van der Waals surface area contributed by atoms with E-state index >= 15 is 0 Å². The molecule has 0 aliphatic rings. The van der Waals surface area contributed by atoms with Crippen LogP contribution in [0.2, 0.25) is 0 Å². The highest BCUT2D eigenvalue weighted by molar-refractivity contribution is 5.92. The summed E-state index contributed by atoms with van der Waals surface area (Å²) in [4.78, 5) is 25.2. The van der Waals surface area contributed by atoms with E-state index in [0.717, 1.165) is 5.69 Å². The Kier molecular flexibility index (Phi) is 6.39. The molecule has 2 heterocycles. The standard InChI is InChI=1S/C24H25N5O4/c1-15(2)29-12-17(27-14-29)9-23(30)28-16-5-7-18(8-6-16)33-24-19-10-21(31-3)22(32-4)11-20(19)25-13-26-24/h5-8,10-15H,9H2,1-4H3,(H,28,30).